The summed E-state index contributed by atoms with van der Waals surface area (Å²) in [5, 5.41) is 6.45. The SMILES string of the molecule is CCNC(=NCc1ccc(OCC)c(C)c1)NC(C)CCS(C)(=O)=O. The number of sulfone groups is 1. The summed E-state index contributed by atoms with van der Waals surface area (Å²) < 4.78 is 28.1. The summed E-state index contributed by atoms with van der Waals surface area (Å²) >= 11 is 0. The van der Waals surface area contributed by atoms with E-state index in [1.165, 1.54) is 6.26 Å². The third-order valence-corrected chi connectivity index (χ3v) is 4.59. The molecule has 7 heteroatoms. The van der Waals surface area contributed by atoms with Crippen molar-refractivity contribution in [3.63, 3.8) is 0 Å². The molecule has 25 heavy (non-hydrogen) atoms. The maximum absolute atomic E-state index is 11.3. The van der Waals surface area contributed by atoms with Gasteiger partial charge >= 0.3 is 0 Å². The molecular weight excluding hydrogens is 338 g/mol. The van der Waals surface area contributed by atoms with Gasteiger partial charge in [-0.25, -0.2) is 13.4 Å². The number of ether oxygens (including phenoxy) is 1. The normalized spacial score (nSPS) is 13.4. The van der Waals surface area contributed by atoms with E-state index in [4.69, 9.17) is 4.74 Å². The number of hydrogen-bond acceptors (Lipinski definition) is 4. The molecular formula is C18H31N3O3S. The second-order valence-corrected chi connectivity index (χ2v) is 8.45. The van der Waals surface area contributed by atoms with Gasteiger partial charge < -0.3 is 15.4 Å². The lowest BCUT2D eigenvalue weighted by Gasteiger charge is -2.17. The maximum Gasteiger partial charge on any atom is 0.191 e. The smallest absolute Gasteiger partial charge is 0.191 e. The van der Waals surface area contributed by atoms with Crippen molar-refractivity contribution < 1.29 is 13.2 Å². The number of nitrogens with one attached hydrogen (secondary N) is 2. The average molecular weight is 370 g/mol. The fraction of sp³-hybridized carbons (Fsp3) is 0.611. The Kier molecular flexibility index (Phi) is 8.75. The fourth-order valence-electron chi connectivity index (χ4n) is 2.31. The van der Waals surface area contributed by atoms with Crippen LogP contribution in [0.3, 0.4) is 0 Å². The Labute approximate surface area is 152 Å². The van der Waals surface area contributed by atoms with E-state index >= 15 is 0 Å². The molecule has 0 radical (unpaired) electrons. The average Bonchev–Trinajstić information content (AvgIpc) is 2.53. The van der Waals surface area contributed by atoms with Crippen LogP contribution >= 0.6 is 0 Å². The molecule has 0 spiro atoms. The van der Waals surface area contributed by atoms with Crippen LogP contribution in [0.15, 0.2) is 23.2 Å². The van der Waals surface area contributed by atoms with E-state index in [1.807, 2.05) is 39.8 Å². The lowest BCUT2D eigenvalue weighted by molar-refractivity contribution is 0.338. The minimum Gasteiger partial charge on any atom is -0.494 e. The van der Waals surface area contributed by atoms with E-state index in [1.54, 1.807) is 0 Å². The van der Waals surface area contributed by atoms with E-state index in [0.29, 0.717) is 25.5 Å². The molecule has 0 amide bonds. The molecule has 6 nitrogen and oxygen atoms in total. The van der Waals surface area contributed by atoms with E-state index in [9.17, 15) is 8.42 Å². The predicted molar refractivity (Wildman–Crippen MR) is 104 cm³/mol. The van der Waals surface area contributed by atoms with Gasteiger partial charge in [-0.1, -0.05) is 12.1 Å². The molecule has 0 aliphatic heterocycles. The third-order valence-electron chi connectivity index (χ3n) is 3.61. The van der Waals surface area contributed by atoms with Gasteiger partial charge in [-0.3, -0.25) is 0 Å². The molecule has 1 aromatic carbocycles. The Morgan fingerprint density at radius 1 is 1.32 bits per heavy atom. The first-order valence-corrected chi connectivity index (χ1v) is 10.8. The van der Waals surface area contributed by atoms with Gasteiger partial charge in [-0.15, -0.1) is 0 Å². The Morgan fingerprint density at radius 3 is 2.60 bits per heavy atom. The molecule has 1 aromatic rings. The topological polar surface area (TPSA) is 79.8 Å². The fourth-order valence-corrected chi connectivity index (χ4v) is 3.10. The number of nitrogens with zero attached hydrogens (tertiary/aromatic N) is 1. The summed E-state index contributed by atoms with van der Waals surface area (Å²) in [6, 6.07) is 6.08. The zero-order chi connectivity index (χ0) is 18.9. The molecule has 0 saturated carbocycles. The van der Waals surface area contributed by atoms with Crippen molar-refractivity contribution in [1.29, 1.82) is 0 Å². The van der Waals surface area contributed by atoms with Gasteiger partial charge in [0.15, 0.2) is 5.96 Å². The first-order valence-electron chi connectivity index (χ1n) is 8.70. The zero-order valence-electron chi connectivity index (χ0n) is 15.9. The van der Waals surface area contributed by atoms with Gasteiger partial charge in [0.05, 0.1) is 18.9 Å². The van der Waals surface area contributed by atoms with Crippen LogP contribution < -0.4 is 15.4 Å². The van der Waals surface area contributed by atoms with Crippen molar-refractivity contribution in [2.24, 2.45) is 4.99 Å². The van der Waals surface area contributed by atoms with Crippen molar-refractivity contribution in [3.05, 3.63) is 29.3 Å². The largest absolute Gasteiger partial charge is 0.494 e. The van der Waals surface area contributed by atoms with Gasteiger partial charge in [0.2, 0.25) is 0 Å². The highest BCUT2D eigenvalue weighted by Gasteiger charge is 2.09. The molecule has 0 fully saturated rings. The number of hydrogen-bond donors (Lipinski definition) is 2. The lowest BCUT2D eigenvalue weighted by Crippen LogP contribution is -2.42. The third kappa shape index (κ3) is 8.77. The van der Waals surface area contributed by atoms with Crippen molar-refractivity contribution >= 4 is 15.8 Å². The van der Waals surface area contributed by atoms with Gasteiger partial charge in [-0.05, 0) is 51.3 Å². The maximum atomic E-state index is 11.3. The Bertz CT molecular complexity index is 672. The molecule has 0 aromatic heterocycles. The van der Waals surface area contributed by atoms with Crippen LogP contribution in [-0.4, -0.2) is 45.6 Å². The molecule has 0 saturated heterocycles. The van der Waals surface area contributed by atoms with Crippen LogP contribution in [0.25, 0.3) is 0 Å². The zero-order valence-corrected chi connectivity index (χ0v) is 16.7. The summed E-state index contributed by atoms with van der Waals surface area (Å²) in [4.78, 5) is 4.59. The first-order chi connectivity index (χ1) is 11.7. The second-order valence-electron chi connectivity index (χ2n) is 6.19. The van der Waals surface area contributed by atoms with Crippen LogP contribution in [0.2, 0.25) is 0 Å². The van der Waals surface area contributed by atoms with Gasteiger partial charge in [-0.2, -0.15) is 0 Å². The molecule has 0 aliphatic rings. The number of rotatable bonds is 9. The van der Waals surface area contributed by atoms with Crippen molar-refractivity contribution in [1.82, 2.24) is 10.6 Å². The first kappa shape index (κ1) is 21.3. The molecule has 0 heterocycles. The number of guanidine groups is 1. The van der Waals surface area contributed by atoms with Gasteiger partial charge in [0.25, 0.3) is 0 Å². The van der Waals surface area contributed by atoms with Crippen molar-refractivity contribution in [2.75, 3.05) is 25.2 Å². The van der Waals surface area contributed by atoms with Crippen molar-refractivity contribution in [2.45, 2.75) is 46.7 Å². The Balaban J connectivity index is 2.70. The summed E-state index contributed by atoms with van der Waals surface area (Å²) in [7, 11) is -2.95. The molecule has 1 rings (SSSR count). The standard InChI is InChI=1S/C18H31N3O3S/c1-6-19-18(21-15(4)10-11-25(5,22)23)20-13-16-8-9-17(24-7-2)14(3)12-16/h8-9,12,15H,6-7,10-11,13H2,1-5H3,(H2,19,20,21). The molecule has 142 valence electrons. The van der Waals surface area contributed by atoms with E-state index in [2.05, 4.69) is 21.7 Å². The highest BCUT2D eigenvalue weighted by Crippen LogP contribution is 2.19. The predicted octanol–water partition coefficient (Wildman–Crippen LogP) is 2.27. The van der Waals surface area contributed by atoms with Crippen LogP contribution in [0, 0.1) is 6.92 Å². The summed E-state index contributed by atoms with van der Waals surface area (Å²) in [6.45, 7) is 9.89. The molecule has 0 aliphatic carbocycles. The van der Waals surface area contributed by atoms with Crippen LogP contribution in [0.1, 0.15) is 38.3 Å². The number of aliphatic imine (C=N–C) groups is 1. The molecule has 1 unspecified atom stereocenters. The lowest BCUT2D eigenvalue weighted by atomic mass is 10.1. The van der Waals surface area contributed by atoms with Gasteiger partial charge in [0, 0.05) is 18.8 Å². The van der Waals surface area contributed by atoms with Crippen LogP contribution in [-0.2, 0) is 16.4 Å². The minimum absolute atomic E-state index is 0.0228. The summed E-state index contributed by atoms with van der Waals surface area (Å²) in [6.07, 6.45) is 1.80. The Morgan fingerprint density at radius 2 is 2.04 bits per heavy atom. The quantitative estimate of drug-likeness (QED) is 0.516. The molecule has 1 atom stereocenters. The highest BCUT2D eigenvalue weighted by atomic mass is 32.2. The van der Waals surface area contributed by atoms with Crippen LogP contribution in [0.4, 0.5) is 0 Å². The van der Waals surface area contributed by atoms with E-state index < -0.39 is 9.84 Å². The van der Waals surface area contributed by atoms with Crippen molar-refractivity contribution in [3.8, 4) is 5.75 Å². The highest BCUT2D eigenvalue weighted by molar-refractivity contribution is 7.90. The monoisotopic (exact) mass is 369 g/mol. The Hall–Kier alpha value is -1.76. The summed E-state index contributed by atoms with van der Waals surface area (Å²) in [5.74, 6) is 1.75. The minimum atomic E-state index is -2.95. The van der Waals surface area contributed by atoms with E-state index in [-0.39, 0.29) is 11.8 Å². The van der Waals surface area contributed by atoms with Crippen LogP contribution in [0.5, 0.6) is 5.75 Å². The summed E-state index contributed by atoms with van der Waals surface area (Å²) in [5.41, 5.74) is 2.19. The molecule has 2 N–H and O–H groups in total. The van der Waals surface area contributed by atoms with E-state index in [0.717, 1.165) is 23.4 Å². The van der Waals surface area contributed by atoms with Gasteiger partial charge in [0.1, 0.15) is 15.6 Å². The molecule has 0 bridgehead atoms. The number of aryl methyl sites for hydroxylation is 1. The number of benzene rings is 1. The second kappa shape index (κ2) is 10.3.